The lowest BCUT2D eigenvalue weighted by molar-refractivity contribution is 0.135. The maximum Gasteiger partial charge on any atom is 0.503 e. The second-order valence-electron chi connectivity index (χ2n) is 3.99. The Balaban J connectivity index is 0.000000257. The number of anilines is 1. The van der Waals surface area contributed by atoms with Gasteiger partial charge >= 0.3 is 12.3 Å². The monoisotopic (exact) mass is 425 g/mol. The van der Waals surface area contributed by atoms with E-state index < -0.39 is 12.3 Å². The Morgan fingerprint density at radius 1 is 1.18 bits per heavy atom. The first kappa shape index (κ1) is 17.7. The number of fused-ring (bicyclic) bond motifs is 1. The maximum atomic E-state index is 8.56. The number of nitrogens with zero attached hydrogens (tertiary/aromatic N) is 4. The number of carbonyl (C=O) groups is 2. The zero-order valence-corrected chi connectivity index (χ0v) is 13.1. The quantitative estimate of drug-likeness (QED) is 0.422. The molecule has 2 aromatic rings. The van der Waals surface area contributed by atoms with Gasteiger partial charge in [0.1, 0.15) is 15.8 Å². The van der Waals surface area contributed by atoms with E-state index in [1.165, 1.54) is 19.2 Å². The molecule has 1 aliphatic rings. The maximum absolute atomic E-state index is 8.56. The van der Waals surface area contributed by atoms with E-state index in [0.717, 1.165) is 14.7 Å². The number of hydrogen-bond acceptors (Lipinski definition) is 6. The standard InChI is InChI=1S/C8H8IN5.2CH2O3/c9-6-5-7(10)11-3-12-8(5)14(13-6)4-1-2-4;2*2-1(3)4/h3-4H,1-2H2,(H2,10,11,12);2*(H2,2,3,4). The molecule has 0 aromatic carbocycles. The molecule has 0 amide bonds. The molecule has 3 rings (SSSR count). The van der Waals surface area contributed by atoms with E-state index in [2.05, 4.69) is 37.7 Å². The van der Waals surface area contributed by atoms with Gasteiger partial charge in [0.05, 0.1) is 11.4 Å². The fourth-order valence-corrected chi connectivity index (χ4v) is 2.28. The van der Waals surface area contributed by atoms with Crippen molar-refractivity contribution in [3.8, 4) is 0 Å². The summed E-state index contributed by atoms with van der Waals surface area (Å²) in [6, 6.07) is 0.523. The van der Waals surface area contributed by atoms with Gasteiger partial charge in [0.2, 0.25) is 0 Å². The van der Waals surface area contributed by atoms with Crippen molar-refractivity contribution in [2.75, 3.05) is 5.73 Å². The van der Waals surface area contributed by atoms with Crippen LogP contribution in [0.2, 0.25) is 0 Å². The largest absolute Gasteiger partial charge is 0.503 e. The summed E-state index contributed by atoms with van der Waals surface area (Å²) < 4.78 is 2.86. The highest BCUT2D eigenvalue weighted by Gasteiger charge is 2.28. The first-order valence-corrected chi connectivity index (χ1v) is 6.79. The fraction of sp³-hybridized carbons (Fsp3) is 0.300. The van der Waals surface area contributed by atoms with Gasteiger partial charge in [0.15, 0.2) is 5.65 Å². The Labute approximate surface area is 136 Å². The lowest BCUT2D eigenvalue weighted by Gasteiger charge is -1.98. The van der Waals surface area contributed by atoms with E-state index in [9.17, 15) is 0 Å². The van der Waals surface area contributed by atoms with Crippen molar-refractivity contribution in [2.24, 2.45) is 0 Å². The lowest BCUT2D eigenvalue weighted by Crippen LogP contribution is -1.98. The van der Waals surface area contributed by atoms with Crippen molar-refractivity contribution in [1.82, 2.24) is 19.7 Å². The van der Waals surface area contributed by atoms with Crippen molar-refractivity contribution in [3.05, 3.63) is 10.0 Å². The average molecular weight is 425 g/mol. The van der Waals surface area contributed by atoms with Crippen LogP contribution in [0.25, 0.3) is 11.0 Å². The molecular weight excluding hydrogens is 413 g/mol. The molecule has 0 bridgehead atoms. The van der Waals surface area contributed by atoms with Gasteiger partial charge < -0.3 is 26.2 Å². The van der Waals surface area contributed by atoms with Gasteiger partial charge in [0, 0.05) is 0 Å². The molecule has 22 heavy (non-hydrogen) atoms. The normalized spacial score (nSPS) is 12.6. The predicted octanol–water partition coefficient (Wildman–Crippen LogP) is 1.79. The van der Waals surface area contributed by atoms with Crippen LogP contribution in [0.3, 0.4) is 0 Å². The van der Waals surface area contributed by atoms with Gasteiger partial charge in [-0.1, -0.05) is 0 Å². The topological polar surface area (TPSA) is 185 Å². The number of rotatable bonds is 1. The summed E-state index contributed by atoms with van der Waals surface area (Å²) >= 11 is 2.17. The van der Waals surface area contributed by atoms with Crippen molar-refractivity contribution in [2.45, 2.75) is 18.9 Å². The molecule has 2 heterocycles. The number of nitrogens with two attached hydrogens (primary N) is 1. The molecular formula is C10H12IN5O6. The van der Waals surface area contributed by atoms with Crippen molar-refractivity contribution in [1.29, 1.82) is 0 Å². The highest BCUT2D eigenvalue weighted by molar-refractivity contribution is 14.1. The third-order valence-electron chi connectivity index (χ3n) is 2.37. The molecule has 0 spiro atoms. The first-order chi connectivity index (χ1) is 10.2. The molecule has 1 aliphatic carbocycles. The summed E-state index contributed by atoms with van der Waals surface area (Å²) in [5.41, 5.74) is 6.65. The number of halogens is 1. The van der Waals surface area contributed by atoms with Gasteiger partial charge in [-0.3, -0.25) is 0 Å². The smallest absolute Gasteiger partial charge is 0.450 e. The Kier molecular flexibility index (Phi) is 6.09. The van der Waals surface area contributed by atoms with E-state index in [-0.39, 0.29) is 0 Å². The molecule has 2 aromatic heterocycles. The molecule has 12 heteroatoms. The zero-order chi connectivity index (χ0) is 16.9. The summed E-state index contributed by atoms with van der Waals surface area (Å²) in [5.74, 6) is 0.520. The number of hydrogen-bond donors (Lipinski definition) is 5. The molecule has 1 saturated carbocycles. The van der Waals surface area contributed by atoms with Crippen LogP contribution in [0.15, 0.2) is 6.33 Å². The van der Waals surface area contributed by atoms with E-state index in [0.29, 0.717) is 11.9 Å². The number of nitrogen functional groups attached to an aromatic ring is 1. The van der Waals surface area contributed by atoms with Crippen LogP contribution in [0.4, 0.5) is 15.4 Å². The minimum Gasteiger partial charge on any atom is -0.450 e. The summed E-state index contributed by atoms with van der Waals surface area (Å²) in [5, 5.41) is 33.2. The van der Waals surface area contributed by atoms with Crippen molar-refractivity contribution < 1.29 is 30.0 Å². The highest BCUT2D eigenvalue weighted by atomic mass is 127. The van der Waals surface area contributed by atoms with E-state index in [1.54, 1.807) is 0 Å². The first-order valence-electron chi connectivity index (χ1n) is 5.72. The Hall–Kier alpha value is -2.38. The molecule has 0 unspecified atom stereocenters. The minimum absolute atomic E-state index is 0.520. The predicted molar refractivity (Wildman–Crippen MR) is 82.0 cm³/mol. The summed E-state index contributed by atoms with van der Waals surface area (Å²) in [7, 11) is 0. The lowest BCUT2D eigenvalue weighted by atomic mass is 10.4. The van der Waals surface area contributed by atoms with Gasteiger partial charge in [-0.2, -0.15) is 5.10 Å². The summed E-state index contributed by atoms with van der Waals surface area (Å²) in [4.78, 5) is 25.3. The van der Waals surface area contributed by atoms with Crippen LogP contribution in [0.5, 0.6) is 0 Å². The van der Waals surface area contributed by atoms with Gasteiger partial charge in [-0.15, -0.1) is 0 Å². The third-order valence-corrected chi connectivity index (χ3v) is 3.12. The molecule has 1 fully saturated rings. The van der Waals surface area contributed by atoms with E-state index >= 15 is 0 Å². The summed E-state index contributed by atoms with van der Waals surface area (Å²) in [6.07, 6.45) is 0.210. The average Bonchev–Trinajstić information content (AvgIpc) is 3.13. The van der Waals surface area contributed by atoms with E-state index in [1.807, 2.05) is 4.68 Å². The number of aromatic nitrogens is 4. The van der Waals surface area contributed by atoms with Crippen LogP contribution in [-0.4, -0.2) is 52.5 Å². The third kappa shape index (κ3) is 5.19. The Morgan fingerprint density at radius 2 is 1.68 bits per heavy atom. The fourth-order valence-electron chi connectivity index (χ4n) is 1.53. The highest BCUT2D eigenvalue weighted by Crippen LogP contribution is 2.37. The number of carboxylic acid groups (broad SMARTS) is 4. The molecule has 0 radical (unpaired) electrons. The van der Waals surface area contributed by atoms with Crippen LogP contribution in [-0.2, 0) is 0 Å². The van der Waals surface area contributed by atoms with E-state index in [4.69, 9.17) is 35.7 Å². The Morgan fingerprint density at radius 3 is 2.14 bits per heavy atom. The van der Waals surface area contributed by atoms with Crippen molar-refractivity contribution >= 4 is 51.8 Å². The second-order valence-corrected chi connectivity index (χ2v) is 5.01. The van der Waals surface area contributed by atoms with Gasteiger partial charge in [0.25, 0.3) is 0 Å². The molecule has 6 N–H and O–H groups in total. The zero-order valence-electron chi connectivity index (χ0n) is 10.9. The molecule has 0 aliphatic heterocycles. The van der Waals surface area contributed by atoms with Crippen LogP contribution < -0.4 is 5.73 Å². The van der Waals surface area contributed by atoms with Crippen LogP contribution >= 0.6 is 22.6 Å². The van der Waals surface area contributed by atoms with Crippen molar-refractivity contribution in [3.63, 3.8) is 0 Å². The SMILES string of the molecule is Nc1ncnc2c1c(I)nn2C1CC1.O=C(O)O.O=C(O)O. The van der Waals surface area contributed by atoms with Gasteiger partial charge in [-0.25, -0.2) is 24.2 Å². The summed E-state index contributed by atoms with van der Waals surface area (Å²) in [6.45, 7) is 0. The molecule has 0 atom stereocenters. The molecule has 11 nitrogen and oxygen atoms in total. The Bertz CT molecular complexity index is 666. The minimum atomic E-state index is -1.83. The van der Waals surface area contributed by atoms with Crippen LogP contribution in [0, 0.1) is 3.70 Å². The van der Waals surface area contributed by atoms with Gasteiger partial charge in [-0.05, 0) is 35.4 Å². The van der Waals surface area contributed by atoms with Crippen LogP contribution in [0.1, 0.15) is 18.9 Å². The second kappa shape index (κ2) is 7.58. The molecule has 120 valence electrons. The molecule has 0 saturated heterocycles.